The number of hydrogen-bond donors (Lipinski definition) is 1. The number of ether oxygens (including phenoxy) is 3. The second-order valence-electron chi connectivity index (χ2n) is 6.99. The van der Waals surface area contributed by atoms with Gasteiger partial charge in [-0.2, -0.15) is 0 Å². The lowest BCUT2D eigenvalue weighted by molar-refractivity contribution is -0.111. The number of rotatable bonds is 5. The van der Waals surface area contributed by atoms with Crippen LogP contribution in [0.2, 0.25) is 0 Å². The van der Waals surface area contributed by atoms with Crippen LogP contribution in [0.3, 0.4) is 0 Å². The van der Waals surface area contributed by atoms with Gasteiger partial charge in [0.2, 0.25) is 12.7 Å². The van der Waals surface area contributed by atoms with Gasteiger partial charge in [-0.1, -0.05) is 0 Å². The molecule has 0 unspecified atom stereocenters. The molecule has 0 spiro atoms. The van der Waals surface area contributed by atoms with E-state index in [4.69, 9.17) is 18.6 Å². The highest BCUT2D eigenvalue weighted by Crippen LogP contribution is 2.38. The van der Waals surface area contributed by atoms with Crippen molar-refractivity contribution in [3.63, 3.8) is 0 Å². The van der Waals surface area contributed by atoms with Crippen LogP contribution in [0.25, 0.3) is 16.5 Å². The summed E-state index contributed by atoms with van der Waals surface area (Å²) in [5.74, 6) is 1.80. The Bertz CT molecular complexity index is 1130. The van der Waals surface area contributed by atoms with Gasteiger partial charge in [0.15, 0.2) is 11.5 Å². The number of carbonyl (C=O) groups excluding carboxylic acids is 1. The summed E-state index contributed by atoms with van der Waals surface area (Å²) in [4.78, 5) is 12.6. The lowest BCUT2D eigenvalue weighted by atomic mass is 9.98. The Labute approximate surface area is 169 Å². The minimum atomic E-state index is -0.231. The van der Waals surface area contributed by atoms with E-state index in [-0.39, 0.29) is 12.7 Å². The van der Waals surface area contributed by atoms with Gasteiger partial charge in [-0.25, -0.2) is 0 Å². The van der Waals surface area contributed by atoms with Crippen LogP contribution < -0.4 is 19.5 Å². The van der Waals surface area contributed by atoms with Crippen LogP contribution in [-0.2, 0) is 4.79 Å². The molecule has 0 aliphatic carbocycles. The molecule has 150 valence electrons. The van der Waals surface area contributed by atoms with Crippen molar-refractivity contribution in [2.45, 2.75) is 27.7 Å². The molecule has 0 bridgehead atoms. The minimum Gasteiger partial charge on any atom is -0.493 e. The molecule has 2 heterocycles. The molecular weight excluding hydrogens is 370 g/mol. The normalized spacial score (nSPS) is 13.0. The Hall–Kier alpha value is -3.41. The zero-order valence-corrected chi connectivity index (χ0v) is 16.9. The standard InChI is InChI=1S/C23H23NO5/c1-5-26-22-15(4)23-18(14(3)11-27-23)10-17(22)13(2)8-21(25)24-16-6-7-19-20(9-16)29-12-28-19/h6-11H,5,12H2,1-4H3,(H,24,25)/b13-8+. The molecule has 1 aromatic heterocycles. The number of anilines is 1. The number of carbonyl (C=O) groups is 1. The number of benzene rings is 2. The number of aryl methyl sites for hydroxylation is 2. The molecule has 1 aliphatic rings. The maximum atomic E-state index is 12.6. The predicted molar refractivity (Wildman–Crippen MR) is 112 cm³/mol. The van der Waals surface area contributed by atoms with Crippen LogP contribution in [-0.4, -0.2) is 19.3 Å². The number of hydrogen-bond acceptors (Lipinski definition) is 5. The van der Waals surface area contributed by atoms with Gasteiger partial charge in [0.05, 0.1) is 12.9 Å². The third kappa shape index (κ3) is 3.53. The summed E-state index contributed by atoms with van der Waals surface area (Å²) in [6, 6.07) is 7.33. The molecule has 0 saturated heterocycles. The molecule has 3 aromatic rings. The number of amides is 1. The summed E-state index contributed by atoms with van der Waals surface area (Å²) in [5.41, 5.74) is 5.11. The van der Waals surface area contributed by atoms with Crippen molar-refractivity contribution in [2.24, 2.45) is 0 Å². The summed E-state index contributed by atoms with van der Waals surface area (Å²) in [7, 11) is 0. The second-order valence-corrected chi connectivity index (χ2v) is 6.99. The maximum absolute atomic E-state index is 12.6. The van der Waals surface area contributed by atoms with Gasteiger partial charge in [0.25, 0.3) is 0 Å². The van der Waals surface area contributed by atoms with E-state index in [1.807, 2.05) is 33.8 Å². The summed E-state index contributed by atoms with van der Waals surface area (Å²) in [6.45, 7) is 8.53. The third-order valence-corrected chi connectivity index (χ3v) is 4.94. The summed E-state index contributed by atoms with van der Waals surface area (Å²) >= 11 is 0. The van der Waals surface area contributed by atoms with E-state index in [1.165, 1.54) is 0 Å². The fraction of sp³-hybridized carbons (Fsp3) is 0.261. The number of nitrogens with one attached hydrogen (secondary N) is 1. The van der Waals surface area contributed by atoms with Crippen LogP contribution in [0.4, 0.5) is 5.69 Å². The highest BCUT2D eigenvalue weighted by molar-refractivity contribution is 6.05. The van der Waals surface area contributed by atoms with E-state index in [2.05, 4.69) is 5.32 Å². The molecule has 6 nitrogen and oxygen atoms in total. The van der Waals surface area contributed by atoms with E-state index in [0.29, 0.717) is 23.8 Å². The third-order valence-electron chi connectivity index (χ3n) is 4.94. The maximum Gasteiger partial charge on any atom is 0.248 e. The molecule has 6 heteroatoms. The summed E-state index contributed by atoms with van der Waals surface area (Å²) in [5, 5.41) is 3.89. The Morgan fingerprint density at radius 1 is 1.21 bits per heavy atom. The Morgan fingerprint density at radius 3 is 2.79 bits per heavy atom. The van der Waals surface area contributed by atoms with Crippen molar-refractivity contribution in [1.29, 1.82) is 0 Å². The fourth-order valence-electron chi connectivity index (χ4n) is 3.49. The molecule has 29 heavy (non-hydrogen) atoms. The molecular formula is C23H23NO5. The van der Waals surface area contributed by atoms with Gasteiger partial charge in [-0.3, -0.25) is 4.79 Å². The van der Waals surface area contributed by atoms with E-state index in [1.54, 1.807) is 30.5 Å². The van der Waals surface area contributed by atoms with Crippen LogP contribution in [0.5, 0.6) is 17.2 Å². The van der Waals surface area contributed by atoms with Crippen LogP contribution in [0, 0.1) is 13.8 Å². The first-order chi connectivity index (χ1) is 14.0. The first-order valence-electron chi connectivity index (χ1n) is 9.51. The summed E-state index contributed by atoms with van der Waals surface area (Å²) in [6.07, 6.45) is 3.31. The van der Waals surface area contributed by atoms with Gasteiger partial charge < -0.3 is 23.9 Å². The second kappa shape index (κ2) is 7.54. The van der Waals surface area contributed by atoms with Crippen LogP contribution in [0.1, 0.15) is 30.5 Å². The predicted octanol–water partition coefficient (Wildman–Crippen LogP) is 5.22. The first kappa shape index (κ1) is 18.9. The van der Waals surface area contributed by atoms with E-state index in [0.717, 1.165) is 39.0 Å². The van der Waals surface area contributed by atoms with Crippen molar-refractivity contribution in [3.8, 4) is 17.2 Å². The monoisotopic (exact) mass is 393 g/mol. The molecule has 4 rings (SSSR count). The Kier molecular flexibility index (Phi) is 4.92. The number of furan rings is 1. The molecule has 1 amide bonds. The van der Waals surface area contributed by atoms with E-state index >= 15 is 0 Å². The van der Waals surface area contributed by atoms with Crippen molar-refractivity contribution in [1.82, 2.24) is 0 Å². The Balaban J connectivity index is 1.65. The van der Waals surface area contributed by atoms with E-state index in [9.17, 15) is 4.79 Å². The van der Waals surface area contributed by atoms with Crippen LogP contribution >= 0.6 is 0 Å². The molecule has 0 saturated carbocycles. The highest BCUT2D eigenvalue weighted by atomic mass is 16.7. The van der Waals surface area contributed by atoms with Gasteiger partial charge in [-0.15, -0.1) is 0 Å². The molecule has 2 aromatic carbocycles. The van der Waals surface area contributed by atoms with Crippen molar-refractivity contribution in [2.75, 3.05) is 18.7 Å². The summed E-state index contributed by atoms with van der Waals surface area (Å²) < 4.78 is 22.2. The van der Waals surface area contributed by atoms with Gasteiger partial charge in [0.1, 0.15) is 11.3 Å². The van der Waals surface area contributed by atoms with Crippen molar-refractivity contribution >= 4 is 28.1 Å². The molecule has 1 N–H and O–H groups in total. The van der Waals surface area contributed by atoms with Gasteiger partial charge in [-0.05, 0) is 57.0 Å². The number of allylic oxidation sites excluding steroid dienone is 1. The average Bonchev–Trinajstić information content (AvgIpc) is 3.30. The Morgan fingerprint density at radius 2 is 2.00 bits per heavy atom. The van der Waals surface area contributed by atoms with Gasteiger partial charge in [0, 0.05) is 34.3 Å². The van der Waals surface area contributed by atoms with Crippen molar-refractivity contribution in [3.05, 3.63) is 53.3 Å². The highest BCUT2D eigenvalue weighted by Gasteiger charge is 2.18. The van der Waals surface area contributed by atoms with E-state index < -0.39 is 0 Å². The zero-order valence-electron chi connectivity index (χ0n) is 16.9. The fourth-order valence-corrected chi connectivity index (χ4v) is 3.49. The lowest BCUT2D eigenvalue weighted by Gasteiger charge is -2.14. The van der Waals surface area contributed by atoms with Crippen LogP contribution in [0.15, 0.2) is 41.0 Å². The molecule has 1 aliphatic heterocycles. The first-order valence-corrected chi connectivity index (χ1v) is 9.51. The van der Waals surface area contributed by atoms with Crippen molar-refractivity contribution < 1.29 is 23.4 Å². The average molecular weight is 393 g/mol. The minimum absolute atomic E-state index is 0.196. The molecule has 0 atom stereocenters. The lowest BCUT2D eigenvalue weighted by Crippen LogP contribution is -2.09. The SMILES string of the molecule is CCOc1c(/C(C)=C/C(=O)Nc2ccc3c(c2)OCO3)cc2c(C)coc2c1C. The smallest absolute Gasteiger partial charge is 0.248 e. The topological polar surface area (TPSA) is 69.9 Å². The molecule has 0 fully saturated rings. The largest absolute Gasteiger partial charge is 0.493 e. The number of fused-ring (bicyclic) bond motifs is 2. The zero-order chi connectivity index (χ0) is 20.5. The molecule has 0 radical (unpaired) electrons. The van der Waals surface area contributed by atoms with Gasteiger partial charge >= 0.3 is 0 Å². The quantitative estimate of drug-likeness (QED) is 0.602.